The summed E-state index contributed by atoms with van der Waals surface area (Å²) in [4.78, 5) is 2.44. The first kappa shape index (κ1) is 27.1. The van der Waals surface area contributed by atoms with Gasteiger partial charge in [0.05, 0.1) is 0 Å². The number of nitrogens with zero attached hydrogens (tertiary/aromatic N) is 1. The highest BCUT2D eigenvalue weighted by Crippen LogP contribution is 2.48. The van der Waals surface area contributed by atoms with Crippen LogP contribution in [0, 0.1) is 0 Å². The summed E-state index contributed by atoms with van der Waals surface area (Å²) in [5.74, 6) is 3.69. The molecule has 5 heteroatoms. The van der Waals surface area contributed by atoms with Gasteiger partial charge < -0.3 is 14.4 Å². The average Bonchev–Trinajstić information content (AvgIpc) is 3.03. The smallest absolute Gasteiger partial charge is 0.260 e. The number of anilines is 3. The van der Waals surface area contributed by atoms with Gasteiger partial charge in [0.2, 0.25) is 0 Å². The van der Waals surface area contributed by atoms with Crippen molar-refractivity contribution in [2.45, 2.75) is 64.5 Å². The third-order valence-electron chi connectivity index (χ3n) is 11.3. The fourth-order valence-electron chi connectivity index (χ4n) is 8.56. The Balaban J connectivity index is 1.24. The van der Waals surface area contributed by atoms with Gasteiger partial charge >= 0.3 is 0 Å². The minimum absolute atomic E-state index is 0.0520. The maximum Gasteiger partial charge on any atom is 0.260 e. The summed E-state index contributed by atoms with van der Waals surface area (Å²) in [5, 5.41) is 2.93. The minimum atomic E-state index is -1.86. The van der Waals surface area contributed by atoms with Crippen LogP contribution in [-0.4, -0.2) is 14.8 Å². The zero-order valence-corrected chi connectivity index (χ0v) is 28.0. The molecular weight excluding hydrogens is 565 g/mol. The molecule has 4 aliphatic rings. The molecular formula is C40H38BNO2Si-. The number of ether oxygens (including phenoxy) is 2. The molecule has 9 rings (SSSR count). The first-order valence-corrected chi connectivity index (χ1v) is 19.4. The van der Waals surface area contributed by atoms with E-state index in [0.717, 1.165) is 34.1 Å². The van der Waals surface area contributed by atoms with E-state index in [4.69, 9.17) is 9.47 Å². The fraction of sp³-hybridized carbons (Fsp3) is 0.250. The van der Waals surface area contributed by atoms with Crippen molar-refractivity contribution in [3.63, 3.8) is 0 Å². The van der Waals surface area contributed by atoms with Crippen LogP contribution in [0.3, 0.4) is 0 Å². The first-order chi connectivity index (χ1) is 21.5. The van der Waals surface area contributed by atoms with Crippen LogP contribution in [0.2, 0.25) is 13.1 Å². The van der Waals surface area contributed by atoms with Crippen LogP contribution < -0.4 is 41.1 Å². The Labute approximate surface area is 267 Å². The van der Waals surface area contributed by atoms with Crippen LogP contribution >= 0.6 is 0 Å². The average molecular weight is 604 g/mol. The fourth-order valence-corrected chi connectivity index (χ4v) is 11.5. The number of hydrogen-bond donors (Lipinski definition) is 0. The summed E-state index contributed by atoms with van der Waals surface area (Å²) in [6.07, 6.45) is 2.36. The normalized spacial score (nSPS) is 18.6. The molecule has 0 amide bonds. The molecule has 5 aromatic carbocycles. The predicted octanol–water partition coefficient (Wildman–Crippen LogP) is 7.37. The van der Waals surface area contributed by atoms with Crippen LogP contribution in [0.5, 0.6) is 23.0 Å². The van der Waals surface area contributed by atoms with Crippen molar-refractivity contribution in [1.29, 1.82) is 0 Å². The second kappa shape index (κ2) is 8.95. The van der Waals surface area contributed by atoms with Crippen molar-refractivity contribution < 1.29 is 9.47 Å². The molecule has 5 aromatic rings. The molecule has 0 unspecified atom stereocenters. The lowest BCUT2D eigenvalue weighted by molar-refractivity contribution is 0.330. The van der Waals surface area contributed by atoms with Gasteiger partial charge in [-0.05, 0) is 82.1 Å². The summed E-state index contributed by atoms with van der Waals surface area (Å²) in [6, 6.07) is 35.9. The molecule has 0 bridgehead atoms. The SMILES string of the molecule is CC1(C)CCC(C)(C)c2cc3c(cc21)Oc1cccc2c1B3c1ccc(N3c4ccccc4[Si-](C)(C)c4ccccc43)cc1O2. The minimum Gasteiger partial charge on any atom is -0.458 e. The van der Waals surface area contributed by atoms with Gasteiger partial charge in [-0.15, -0.1) is 0 Å². The zero-order valence-electron chi connectivity index (χ0n) is 27.0. The molecule has 223 valence electrons. The zero-order chi connectivity index (χ0) is 30.9. The maximum absolute atomic E-state index is 6.78. The van der Waals surface area contributed by atoms with Crippen LogP contribution in [0.25, 0.3) is 0 Å². The summed E-state index contributed by atoms with van der Waals surface area (Å²) < 4.78 is 13.5. The van der Waals surface area contributed by atoms with Gasteiger partial charge in [-0.1, -0.05) is 90.4 Å². The molecule has 3 nitrogen and oxygen atoms in total. The molecule has 0 fully saturated rings. The highest BCUT2D eigenvalue weighted by atomic mass is 28.3. The van der Waals surface area contributed by atoms with Crippen molar-refractivity contribution >= 4 is 58.6 Å². The van der Waals surface area contributed by atoms with Crippen LogP contribution in [0.4, 0.5) is 17.1 Å². The van der Waals surface area contributed by atoms with Gasteiger partial charge in [0.25, 0.3) is 6.71 Å². The number of fused-ring (bicyclic) bond motifs is 7. The van der Waals surface area contributed by atoms with Gasteiger partial charge in [-0.25, -0.2) is 0 Å². The third kappa shape index (κ3) is 3.71. The van der Waals surface area contributed by atoms with Crippen molar-refractivity contribution in [2.75, 3.05) is 4.90 Å². The van der Waals surface area contributed by atoms with E-state index in [9.17, 15) is 0 Å². The van der Waals surface area contributed by atoms with E-state index >= 15 is 0 Å². The number of rotatable bonds is 1. The standard InChI is InChI=1S/C40H38BNO2Si/c1-39(2)20-21-40(3,4)27-24-35-29(23-26(27)39)41-28-19-18-25(22-34(28)43-32-14-11-15-33(44-35)38(32)41)42-30-12-7-9-16-36(30)45(5,6)37-17-10-8-13-31(37)42/h7-19,22-24H,20-21H2,1-6H3/q-1. The van der Waals surface area contributed by atoms with Crippen LogP contribution in [0.1, 0.15) is 51.7 Å². The molecule has 0 saturated carbocycles. The van der Waals surface area contributed by atoms with Gasteiger partial charge in [-0.3, -0.25) is 0 Å². The quantitative estimate of drug-likeness (QED) is 0.183. The van der Waals surface area contributed by atoms with Crippen molar-refractivity contribution in [3.8, 4) is 23.0 Å². The largest absolute Gasteiger partial charge is 0.458 e. The number of hydrogen-bond acceptors (Lipinski definition) is 3. The van der Waals surface area contributed by atoms with Gasteiger partial charge in [0.15, 0.2) is 0 Å². The van der Waals surface area contributed by atoms with Gasteiger partial charge in [0.1, 0.15) is 23.0 Å². The van der Waals surface area contributed by atoms with E-state index in [1.165, 1.54) is 56.6 Å². The summed E-state index contributed by atoms with van der Waals surface area (Å²) in [7, 11) is -1.86. The molecule has 3 aliphatic heterocycles. The summed E-state index contributed by atoms with van der Waals surface area (Å²) >= 11 is 0. The third-order valence-corrected chi connectivity index (χ3v) is 14.8. The Morgan fingerprint density at radius 2 is 1.16 bits per heavy atom. The maximum atomic E-state index is 6.78. The Hall–Kier alpha value is -4.22. The van der Waals surface area contributed by atoms with E-state index in [0.29, 0.717) is 0 Å². The highest BCUT2D eigenvalue weighted by molar-refractivity contribution is 7.02. The lowest BCUT2D eigenvalue weighted by atomic mass is 9.34. The van der Waals surface area contributed by atoms with E-state index in [2.05, 4.69) is 143 Å². The molecule has 0 aromatic heterocycles. The number of benzene rings is 5. The topological polar surface area (TPSA) is 21.7 Å². The van der Waals surface area contributed by atoms with E-state index < -0.39 is 8.07 Å². The van der Waals surface area contributed by atoms with Crippen LogP contribution in [0.15, 0.2) is 97.1 Å². The summed E-state index contributed by atoms with van der Waals surface area (Å²) in [5.41, 5.74) is 10.4. The summed E-state index contributed by atoms with van der Waals surface area (Å²) in [6.45, 7) is 14.6. The molecule has 0 radical (unpaired) electrons. The van der Waals surface area contributed by atoms with Gasteiger partial charge in [0, 0.05) is 28.6 Å². The lowest BCUT2D eigenvalue weighted by Crippen LogP contribution is -2.58. The number of para-hydroxylation sites is 2. The monoisotopic (exact) mass is 603 g/mol. The molecule has 3 heterocycles. The van der Waals surface area contributed by atoms with Crippen LogP contribution in [-0.2, 0) is 10.8 Å². The van der Waals surface area contributed by atoms with E-state index in [-0.39, 0.29) is 17.5 Å². The molecule has 45 heavy (non-hydrogen) atoms. The Bertz CT molecular complexity index is 2030. The van der Waals surface area contributed by atoms with E-state index in [1.807, 2.05) is 0 Å². The molecule has 0 saturated heterocycles. The van der Waals surface area contributed by atoms with Crippen molar-refractivity contribution in [3.05, 3.63) is 108 Å². The molecule has 0 spiro atoms. The molecule has 0 atom stereocenters. The Kier molecular flexibility index (Phi) is 5.39. The van der Waals surface area contributed by atoms with Crippen molar-refractivity contribution in [1.82, 2.24) is 0 Å². The second-order valence-electron chi connectivity index (χ2n) is 15.2. The lowest BCUT2D eigenvalue weighted by Gasteiger charge is -2.49. The first-order valence-electron chi connectivity index (χ1n) is 16.4. The van der Waals surface area contributed by atoms with E-state index in [1.54, 1.807) is 0 Å². The van der Waals surface area contributed by atoms with Crippen molar-refractivity contribution in [2.24, 2.45) is 0 Å². The Morgan fingerprint density at radius 3 is 1.78 bits per heavy atom. The molecule has 1 aliphatic carbocycles. The van der Waals surface area contributed by atoms with Gasteiger partial charge in [-0.2, -0.15) is 23.5 Å². The molecule has 0 N–H and O–H groups in total. The second-order valence-corrected chi connectivity index (χ2v) is 19.6. The predicted molar refractivity (Wildman–Crippen MR) is 191 cm³/mol. The Morgan fingerprint density at radius 1 is 0.600 bits per heavy atom. The highest BCUT2D eigenvalue weighted by Gasteiger charge is 2.44.